The molecule has 0 saturated carbocycles. The molecule has 0 spiro atoms. The molecule has 260 valence electrons. The molecule has 0 N–H and O–H groups in total. The zero-order valence-electron chi connectivity index (χ0n) is 30.0. The van der Waals surface area contributed by atoms with E-state index in [1.54, 1.807) is 0 Å². The van der Waals surface area contributed by atoms with Crippen LogP contribution in [0.2, 0.25) is 0 Å². The Labute approximate surface area is 320 Å². The summed E-state index contributed by atoms with van der Waals surface area (Å²) in [6, 6.07) is 63.9. The zero-order chi connectivity index (χ0) is 36.7. The van der Waals surface area contributed by atoms with Gasteiger partial charge in [0.05, 0.1) is 16.7 Å². The standard InChI is InChI=1S/C51H30N4O/c1-2-16-34-28-45-41(27-33(34)15-1)37-21-7-9-25-44(37)55(45)46-29-42-38-22-8-10-26-47(38)56-48(42)30-43(46)51-53-49(39-23-11-17-31-13-3-5-19-35(31)39)52-50(54-51)40-24-12-18-32-14-4-6-20-36(32)40/h1-30H. The van der Waals surface area contributed by atoms with Crippen molar-refractivity contribution in [2.24, 2.45) is 0 Å². The van der Waals surface area contributed by atoms with Crippen LogP contribution in [0.15, 0.2) is 186 Å². The summed E-state index contributed by atoms with van der Waals surface area (Å²) in [7, 11) is 0. The summed E-state index contributed by atoms with van der Waals surface area (Å²) in [5.74, 6) is 1.78. The molecule has 12 aromatic rings. The minimum atomic E-state index is 0.565. The molecule has 3 aromatic heterocycles. The van der Waals surface area contributed by atoms with Gasteiger partial charge in [-0.1, -0.05) is 146 Å². The van der Waals surface area contributed by atoms with Gasteiger partial charge in [-0.2, -0.15) is 0 Å². The summed E-state index contributed by atoms with van der Waals surface area (Å²) in [5, 5.41) is 11.3. The maximum atomic E-state index is 6.58. The summed E-state index contributed by atoms with van der Waals surface area (Å²) >= 11 is 0. The monoisotopic (exact) mass is 714 g/mol. The van der Waals surface area contributed by atoms with E-state index in [-0.39, 0.29) is 0 Å². The molecule has 9 aromatic carbocycles. The Hall–Kier alpha value is -7.63. The Morgan fingerprint density at radius 1 is 0.321 bits per heavy atom. The van der Waals surface area contributed by atoms with Crippen molar-refractivity contribution in [2.75, 3.05) is 0 Å². The fourth-order valence-corrected chi connectivity index (χ4v) is 8.62. The Balaban J connectivity index is 1.23. The lowest BCUT2D eigenvalue weighted by Crippen LogP contribution is -2.04. The summed E-state index contributed by atoms with van der Waals surface area (Å²) in [5.41, 5.74) is 7.52. The average Bonchev–Trinajstić information content (AvgIpc) is 3.79. The van der Waals surface area contributed by atoms with Gasteiger partial charge in [-0.05, 0) is 68.7 Å². The number of para-hydroxylation sites is 2. The molecule has 0 amide bonds. The van der Waals surface area contributed by atoms with Gasteiger partial charge < -0.3 is 8.98 Å². The van der Waals surface area contributed by atoms with Crippen molar-refractivity contribution >= 4 is 76.1 Å². The van der Waals surface area contributed by atoms with E-state index in [1.807, 2.05) is 12.1 Å². The molecule has 0 radical (unpaired) electrons. The first-order valence-electron chi connectivity index (χ1n) is 18.9. The van der Waals surface area contributed by atoms with Gasteiger partial charge in [-0.3, -0.25) is 0 Å². The molecular formula is C51H30N4O. The van der Waals surface area contributed by atoms with Crippen molar-refractivity contribution < 1.29 is 4.42 Å². The van der Waals surface area contributed by atoms with E-state index in [0.29, 0.717) is 17.5 Å². The minimum absolute atomic E-state index is 0.565. The van der Waals surface area contributed by atoms with Crippen LogP contribution >= 0.6 is 0 Å². The van der Waals surface area contributed by atoms with Crippen molar-refractivity contribution in [2.45, 2.75) is 0 Å². The first-order valence-corrected chi connectivity index (χ1v) is 18.9. The lowest BCUT2D eigenvalue weighted by atomic mass is 10.0. The maximum Gasteiger partial charge on any atom is 0.166 e. The summed E-state index contributed by atoms with van der Waals surface area (Å²) in [6.07, 6.45) is 0. The third-order valence-electron chi connectivity index (χ3n) is 11.2. The van der Waals surface area contributed by atoms with Gasteiger partial charge in [0.1, 0.15) is 11.2 Å². The third kappa shape index (κ3) is 4.64. The molecule has 3 heterocycles. The molecule has 12 rings (SSSR count). The fraction of sp³-hybridized carbons (Fsp3) is 0. The van der Waals surface area contributed by atoms with Gasteiger partial charge in [-0.25, -0.2) is 15.0 Å². The molecule has 0 bridgehead atoms. The molecule has 0 saturated heterocycles. The number of aromatic nitrogens is 4. The van der Waals surface area contributed by atoms with Crippen LogP contribution in [0.4, 0.5) is 0 Å². The molecule has 5 heteroatoms. The Kier molecular flexibility index (Phi) is 6.56. The summed E-state index contributed by atoms with van der Waals surface area (Å²) < 4.78 is 8.97. The lowest BCUT2D eigenvalue weighted by molar-refractivity contribution is 0.669. The number of benzene rings is 9. The van der Waals surface area contributed by atoms with E-state index in [9.17, 15) is 0 Å². The van der Waals surface area contributed by atoms with E-state index in [2.05, 4.69) is 174 Å². The second-order valence-corrected chi connectivity index (χ2v) is 14.4. The molecule has 0 aliphatic carbocycles. The first kappa shape index (κ1) is 30.8. The molecule has 0 aliphatic heterocycles. The van der Waals surface area contributed by atoms with Gasteiger partial charge in [-0.15, -0.1) is 0 Å². The second kappa shape index (κ2) is 11.9. The van der Waals surface area contributed by atoms with E-state index < -0.39 is 0 Å². The largest absolute Gasteiger partial charge is 0.456 e. The quantitative estimate of drug-likeness (QED) is 0.182. The summed E-state index contributed by atoms with van der Waals surface area (Å²) in [6.45, 7) is 0. The molecule has 0 fully saturated rings. The van der Waals surface area contributed by atoms with Gasteiger partial charge in [0, 0.05) is 38.2 Å². The van der Waals surface area contributed by atoms with Crippen molar-refractivity contribution in [1.29, 1.82) is 0 Å². The Morgan fingerprint density at radius 2 is 0.839 bits per heavy atom. The molecule has 56 heavy (non-hydrogen) atoms. The van der Waals surface area contributed by atoms with Gasteiger partial charge in [0.15, 0.2) is 17.5 Å². The first-order chi connectivity index (χ1) is 27.7. The van der Waals surface area contributed by atoms with Crippen molar-refractivity contribution in [1.82, 2.24) is 19.5 Å². The van der Waals surface area contributed by atoms with Crippen LogP contribution in [0.25, 0.3) is 116 Å². The van der Waals surface area contributed by atoms with Crippen LogP contribution in [0.5, 0.6) is 0 Å². The van der Waals surface area contributed by atoms with Crippen LogP contribution in [-0.2, 0) is 0 Å². The third-order valence-corrected chi connectivity index (χ3v) is 11.2. The van der Waals surface area contributed by atoms with E-state index >= 15 is 0 Å². The van der Waals surface area contributed by atoms with Crippen LogP contribution in [-0.4, -0.2) is 19.5 Å². The minimum Gasteiger partial charge on any atom is -0.456 e. The Morgan fingerprint density at radius 3 is 1.52 bits per heavy atom. The second-order valence-electron chi connectivity index (χ2n) is 14.4. The predicted octanol–water partition coefficient (Wildman–Crippen LogP) is 13.3. The van der Waals surface area contributed by atoms with E-state index in [0.717, 1.165) is 76.9 Å². The average molecular weight is 715 g/mol. The Bertz CT molecular complexity index is 3450. The predicted molar refractivity (Wildman–Crippen MR) is 230 cm³/mol. The maximum absolute atomic E-state index is 6.58. The van der Waals surface area contributed by atoms with Crippen LogP contribution in [0, 0.1) is 0 Å². The number of fused-ring (bicyclic) bond motifs is 9. The molecule has 0 aliphatic rings. The van der Waals surface area contributed by atoms with Crippen molar-refractivity contribution in [3.63, 3.8) is 0 Å². The number of furan rings is 1. The van der Waals surface area contributed by atoms with Crippen molar-refractivity contribution in [3.8, 4) is 39.9 Å². The van der Waals surface area contributed by atoms with Gasteiger partial charge in [0.25, 0.3) is 0 Å². The van der Waals surface area contributed by atoms with Crippen LogP contribution in [0.1, 0.15) is 0 Å². The highest BCUT2D eigenvalue weighted by Gasteiger charge is 2.23. The molecule has 5 nitrogen and oxygen atoms in total. The number of hydrogen-bond acceptors (Lipinski definition) is 4. The lowest BCUT2D eigenvalue weighted by Gasteiger charge is -2.16. The number of hydrogen-bond donors (Lipinski definition) is 0. The van der Waals surface area contributed by atoms with E-state index in [4.69, 9.17) is 19.4 Å². The fourth-order valence-electron chi connectivity index (χ4n) is 8.62. The topological polar surface area (TPSA) is 56.7 Å². The highest BCUT2D eigenvalue weighted by Crippen LogP contribution is 2.42. The SMILES string of the molecule is c1ccc2cc3c(cc2c1)c1ccccc1n3-c1cc2c(cc1-c1nc(-c3cccc4ccccc34)nc(-c3cccc4ccccc34)n1)oc1ccccc12. The van der Waals surface area contributed by atoms with Crippen LogP contribution < -0.4 is 0 Å². The van der Waals surface area contributed by atoms with Crippen LogP contribution in [0.3, 0.4) is 0 Å². The number of rotatable bonds is 4. The normalized spacial score (nSPS) is 11.9. The molecular weight excluding hydrogens is 685 g/mol. The molecule has 0 atom stereocenters. The molecule has 0 unspecified atom stereocenters. The van der Waals surface area contributed by atoms with Crippen molar-refractivity contribution in [3.05, 3.63) is 182 Å². The zero-order valence-corrected chi connectivity index (χ0v) is 30.0. The van der Waals surface area contributed by atoms with Gasteiger partial charge in [0.2, 0.25) is 0 Å². The number of nitrogens with zero attached hydrogens (tertiary/aromatic N) is 4. The smallest absolute Gasteiger partial charge is 0.166 e. The van der Waals surface area contributed by atoms with Gasteiger partial charge >= 0.3 is 0 Å². The highest BCUT2D eigenvalue weighted by molar-refractivity contribution is 6.15. The highest BCUT2D eigenvalue weighted by atomic mass is 16.3. The summed E-state index contributed by atoms with van der Waals surface area (Å²) in [4.78, 5) is 16.1. The van der Waals surface area contributed by atoms with E-state index in [1.165, 1.54) is 21.5 Å².